The van der Waals surface area contributed by atoms with Gasteiger partial charge in [0.15, 0.2) is 0 Å². The Morgan fingerprint density at radius 2 is 1.97 bits per heavy atom. The number of ether oxygens (including phenoxy) is 1. The number of hydrogen-bond acceptors (Lipinski definition) is 5. The number of aryl methyl sites for hydroxylation is 1. The van der Waals surface area contributed by atoms with Gasteiger partial charge in [-0.15, -0.1) is 0 Å². The molecule has 29 heavy (non-hydrogen) atoms. The van der Waals surface area contributed by atoms with Gasteiger partial charge in [0.2, 0.25) is 17.6 Å². The highest BCUT2D eigenvalue weighted by molar-refractivity contribution is 6.31. The molecule has 0 saturated heterocycles. The topological polar surface area (TPSA) is 77.2 Å². The lowest BCUT2D eigenvalue weighted by Crippen LogP contribution is -2.41. The first kappa shape index (κ1) is 20.8. The van der Waals surface area contributed by atoms with E-state index in [0.29, 0.717) is 23.7 Å². The molecule has 1 N–H and O–H groups in total. The number of methoxy groups -OCH3 is 1. The normalized spacial score (nSPS) is 11.3. The third kappa shape index (κ3) is 5.12. The molecule has 6 nitrogen and oxygen atoms in total. The molecule has 152 valence electrons. The summed E-state index contributed by atoms with van der Waals surface area (Å²) in [5.74, 6) is 0.910. The summed E-state index contributed by atoms with van der Waals surface area (Å²) in [5, 5.41) is 7.12. The Labute approximate surface area is 173 Å². The van der Waals surface area contributed by atoms with Crippen LogP contribution in [0, 0.1) is 5.82 Å². The summed E-state index contributed by atoms with van der Waals surface area (Å²) in [5.41, 5.74) is 0.663. The zero-order valence-corrected chi connectivity index (χ0v) is 17.1. The van der Waals surface area contributed by atoms with Gasteiger partial charge in [-0.1, -0.05) is 22.8 Å². The van der Waals surface area contributed by atoms with E-state index in [1.807, 2.05) is 24.3 Å². The summed E-state index contributed by atoms with van der Waals surface area (Å²) >= 11 is 6.12. The maximum atomic E-state index is 13.3. The maximum absolute atomic E-state index is 13.3. The molecule has 0 atom stereocenters. The van der Waals surface area contributed by atoms with Crippen molar-refractivity contribution < 1.29 is 18.4 Å². The van der Waals surface area contributed by atoms with Crippen LogP contribution in [0.4, 0.5) is 4.39 Å². The predicted molar refractivity (Wildman–Crippen MR) is 107 cm³/mol. The van der Waals surface area contributed by atoms with Crippen LogP contribution in [0.5, 0.6) is 5.75 Å². The molecule has 0 aliphatic heterocycles. The average molecular weight is 418 g/mol. The van der Waals surface area contributed by atoms with Crippen LogP contribution in [0.3, 0.4) is 0 Å². The van der Waals surface area contributed by atoms with Crippen LogP contribution in [0.1, 0.15) is 31.7 Å². The molecule has 1 aromatic heterocycles. The van der Waals surface area contributed by atoms with E-state index in [1.165, 1.54) is 12.1 Å². The SMILES string of the molecule is COc1ccc(-c2noc(CCC(=O)NC(C)(C)c3ccc(F)cc3Cl)n2)cc1. The van der Waals surface area contributed by atoms with Gasteiger partial charge in [-0.05, 0) is 55.8 Å². The van der Waals surface area contributed by atoms with Crippen LogP contribution in [-0.4, -0.2) is 23.2 Å². The van der Waals surface area contributed by atoms with Crippen LogP contribution in [0.25, 0.3) is 11.4 Å². The number of hydrogen-bond donors (Lipinski definition) is 1. The lowest BCUT2D eigenvalue weighted by molar-refractivity contribution is -0.122. The molecule has 3 rings (SSSR count). The number of nitrogens with zero attached hydrogens (tertiary/aromatic N) is 2. The summed E-state index contributed by atoms with van der Waals surface area (Å²) in [7, 11) is 1.60. The van der Waals surface area contributed by atoms with Gasteiger partial charge in [0.25, 0.3) is 0 Å². The molecular formula is C21H21ClFN3O3. The third-order valence-electron chi connectivity index (χ3n) is 4.44. The van der Waals surface area contributed by atoms with E-state index in [2.05, 4.69) is 15.5 Å². The number of carbonyl (C=O) groups excluding carboxylic acids is 1. The van der Waals surface area contributed by atoms with Gasteiger partial charge < -0.3 is 14.6 Å². The van der Waals surface area contributed by atoms with E-state index >= 15 is 0 Å². The number of carbonyl (C=O) groups is 1. The molecule has 0 bridgehead atoms. The molecule has 0 spiro atoms. The van der Waals surface area contributed by atoms with Gasteiger partial charge in [-0.3, -0.25) is 4.79 Å². The fourth-order valence-electron chi connectivity index (χ4n) is 2.91. The molecule has 1 heterocycles. The molecule has 1 amide bonds. The molecule has 0 unspecified atom stereocenters. The Hall–Kier alpha value is -2.93. The van der Waals surface area contributed by atoms with Crippen molar-refractivity contribution in [2.75, 3.05) is 7.11 Å². The van der Waals surface area contributed by atoms with Crippen LogP contribution < -0.4 is 10.1 Å². The van der Waals surface area contributed by atoms with Gasteiger partial charge in [0.05, 0.1) is 12.6 Å². The number of benzene rings is 2. The van der Waals surface area contributed by atoms with E-state index in [0.717, 1.165) is 11.3 Å². The number of aromatic nitrogens is 2. The molecule has 0 radical (unpaired) electrons. The van der Waals surface area contributed by atoms with E-state index in [9.17, 15) is 9.18 Å². The van der Waals surface area contributed by atoms with Crippen molar-refractivity contribution >= 4 is 17.5 Å². The van der Waals surface area contributed by atoms with Crippen LogP contribution in [-0.2, 0) is 16.8 Å². The molecule has 0 fully saturated rings. The van der Waals surface area contributed by atoms with Crippen molar-refractivity contribution in [2.24, 2.45) is 0 Å². The minimum Gasteiger partial charge on any atom is -0.497 e. The Morgan fingerprint density at radius 3 is 2.62 bits per heavy atom. The van der Waals surface area contributed by atoms with Crippen molar-refractivity contribution in [1.82, 2.24) is 15.5 Å². The first-order valence-electron chi connectivity index (χ1n) is 9.02. The zero-order valence-electron chi connectivity index (χ0n) is 16.3. The van der Waals surface area contributed by atoms with E-state index in [1.54, 1.807) is 27.0 Å². The zero-order chi connectivity index (χ0) is 21.0. The van der Waals surface area contributed by atoms with Crippen molar-refractivity contribution in [1.29, 1.82) is 0 Å². The molecule has 0 aliphatic carbocycles. The van der Waals surface area contributed by atoms with Gasteiger partial charge in [-0.2, -0.15) is 4.98 Å². The van der Waals surface area contributed by atoms with Crippen molar-refractivity contribution in [3.05, 3.63) is 64.8 Å². The highest BCUT2D eigenvalue weighted by Crippen LogP contribution is 2.28. The van der Waals surface area contributed by atoms with E-state index in [4.69, 9.17) is 20.9 Å². The molecule has 0 aliphatic rings. The number of rotatable bonds is 7. The van der Waals surface area contributed by atoms with E-state index < -0.39 is 11.4 Å². The lowest BCUT2D eigenvalue weighted by atomic mass is 9.94. The van der Waals surface area contributed by atoms with Crippen molar-refractivity contribution in [3.63, 3.8) is 0 Å². The average Bonchev–Trinajstić information content (AvgIpc) is 3.15. The van der Waals surface area contributed by atoms with Gasteiger partial charge >= 0.3 is 0 Å². The molecule has 2 aromatic carbocycles. The second-order valence-electron chi connectivity index (χ2n) is 7.04. The first-order valence-corrected chi connectivity index (χ1v) is 9.40. The van der Waals surface area contributed by atoms with Crippen molar-refractivity contribution in [3.8, 4) is 17.1 Å². The molecule has 3 aromatic rings. The third-order valence-corrected chi connectivity index (χ3v) is 4.75. The fourth-order valence-corrected chi connectivity index (χ4v) is 3.31. The van der Waals surface area contributed by atoms with Crippen LogP contribution in [0.15, 0.2) is 47.0 Å². The number of amides is 1. The maximum Gasteiger partial charge on any atom is 0.227 e. The summed E-state index contributed by atoms with van der Waals surface area (Å²) in [6.45, 7) is 3.61. The standard InChI is InChI=1S/C21H21ClFN3O3/c1-21(2,16-9-6-14(23)12-17(16)22)25-18(27)10-11-19-24-20(26-29-19)13-4-7-15(28-3)8-5-13/h4-9,12H,10-11H2,1-3H3,(H,25,27). The van der Waals surface area contributed by atoms with E-state index in [-0.39, 0.29) is 17.4 Å². The molecule has 8 heteroatoms. The Kier molecular flexibility index (Phi) is 6.17. The minimum absolute atomic E-state index is 0.159. The summed E-state index contributed by atoms with van der Waals surface area (Å²) in [6, 6.07) is 11.4. The summed E-state index contributed by atoms with van der Waals surface area (Å²) < 4.78 is 23.6. The Balaban J connectivity index is 1.59. The summed E-state index contributed by atoms with van der Waals surface area (Å²) in [4.78, 5) is 16.7. The lowest BCUT2D eigenvalue weighted by Gasteiger charge is -2.28. The highest BCUT2D eigenvalue weighted by atomic mass is 35.5. The fraction of sp³-hybridized carbons (Fsp3) is 0.286. The summed E-state index contributed by atoms with van der Waals surface area (Å²) in [6.07, 6.45) is 0.453. The van der Waals surface area contributed by atoms with Crippen LogP contribution in [0.2, 0.25) is 5.02 Å². The predicted octanol–water partition coefficient (Wildman–Crippen LogP) is 4.52. The van der Waals surface area contributed by atoms with Gasteiger partial charge in [0, 0.05) is 23.4 Å². The second-order valence-corrected chi connectivity index (χ2v) is 7.44. The smallest absolute Gasteiger partial charge is 0.227 e. The number of halogens is 2. The van der Waals surface area contributed by atoms with Crippen molar-refractivity contribution in [2.45, 2.75) is 32.2 Å². The van der Waals surface area contributed by atoms with Gasteiger partial charge in [0.1, 0.15) is 11.6 Å². The quantitative estimate of drug-likeness (QED) is 0.611. The van der Waals surface area contributed by atoms with Gasteiger partial charge in [-0.25, -0.2) is 4.39 Å². The first-order chi connectivity index (χ1) is 13.8. The minimum atomic E-state index is -0.759. The van der Waals surface area contributed by atoms with Crippen LogP contribution >= 0.6 is 11.6 Å². The highest BCUT2D eigenvalue weighted by Gasteiger charge is 2.25. The number of nitrogens with one attached hydrogen (secondary N) is 1. The largest absolute Gasteiger partial charge is 0.497 e. The monoisotopic (exact) mass is 417 g/mol. The Morgan fingerprint density at radius 1 is 1.24 bits per heavy atom. The molecular weight excluding hydrogens is 397 g/mol. The molecule has 0 saturated carbocycles. The second kappa shape index (κ2) is 8.61. The Bertz CT molecular complexity index is 1000.